The maximum absolute atomic E-state index is 11.6. The lowest BCUT2D eigenvalue weighted by molar-refractivity contribution is -0.146. The van der Waals surface area contributed by atoms with Gasteiger partial charge in [0.1, 0.15) is 6.10 Å². The van der Waals surface area contributed by atoms with Gasteiger partial charge in [-0.3, -0.25) is 0 Å². The topological polar surface area (TPSA) is 38.7 Å². The van der Waals surface area contributed by atoms with E-state index in [1.165, 1.54) is 17.9 Å². The highest BCUT2D eigenvalue weighted by Gasteiger charge is 2.45. The molecular formula is C23H40O3S2Si. The van der Waals surface area contributed by atoms with E-state index < -0.39 is 13.9 Å². The minimum absolute atomic E-state index is 0.117. The Bertz CT molecular complexity index is 610. The summed E-state index contributed by atoms with van der Waals surface area (Å²) < 4.78 is 13.5. The molecular weight excluding hydrogens is 416 g/mol. The molecule has 1 aliphatic heterocycles. The summed E-state index contributed by atoms with van der Waals surface area (Å²) in [6, 6.07) is 10.2. The molecule has 1 unspecified atom stereocenters. The molecule has 1 saturated heterocycles. The highest BCUT2D eigenvalue weighted by atomic mass is 32.2. The van der Waals surface area contributed by atoms with Gasteiger partial charge in [-0.1, -0.05) is 51.1 Å². The lowest BCUT2D eigenvalue weighted by Crippen LogP contribution is -2.54. The quantitative estimate of drug-likeness (QED) is 0.440. The van der Waals surface area contributed by atoms with E-state index in [4.69, 9.17) is 9.16 Å². The van der Waals surface area contributed by atoms with Gasteiger partial charge < -0.3 is 14.3 Å². The van der Waals surface area contributed by atoms with Crippen LogP contribution in [-0.2, 0) is 15.8 Å². The first-order valence-corrected chi connectivity index (χ1v) is 15.7. The first-order valence-electron chi connectivity index (χ1n) is 10.7. The van der Waals surface area contributed by atoms with Crippen LogP contribution in [0.4, 0.5) is 0 Å². The largest absolute Gasteiger partial charge is 0.411 e. The Morgan fingerprint density at radius 3 is 2.24 bits per heavy atom. The maximum atomic E-state index is 11.6. The Hall–Kier alpha value is 0.0169. The first-order chi connectivity index (χ1) is 13.4. The minimum atomic E-state index is -1.97. The van der Waals surface area contributed by atoms with Gasteiger partial charge >= 0.3 is 0 Å². The molecule has 2 rings (SSSR count). The molecule has 1 aromatic rings. The Balaban J connectivity index is 2.16. The molecule has 1 aliphatic rings. The van der Waals surface area contributed by atoms with Crippen LogP contribution in [0.1, 0.15) is 53.0 Å². The molecule has 0 aliphatic carbocycles. The van der Waals surface area contributed by atoms with Crippen molar-refractivity contribution in [3.63, 3.8) is 0 Å². The molecule has 0 bridgehead atoms. The Morgan fingerprint density at radius 2 is 1.69 bits per heavy atom. The third-order valence-electron chi connectivity index (χ3n) is 6.07. The summed E-state index contributed by atoms with van der Waals surface area (Å²) in [4.78, 5) is 0. The van der Waals surface area contributed by atoms with Gasteiger partial charge in [-0.25, -0.2) is 0 Å². The summed E-state index contributed by atoms with van der Waals surface area (Å²) in [5.41, 5.74) is 0.174. The van der Waals surface area contributed by atoms with Crippen LogP contribution in [0.25, 0.3) is 0 Å². The van der Waals surface area contributed by atoms with E-state index in [0.29, 0.717) is 17.6 Å². The molecule has 0 radical (unpaired) electrons. The number of hydrogen-bond acceptors (Lipinski definition) is 5. The van der Waals surface area contributed by atoms with Crippen molar-refractivity contribution in [3.8, 4) is 0 Å². The van der Waals surface area contributed by atoms with Crippen molar-refractivity contribution in [1.29, 1.82) is 0 Å². The molecule has 6 heteroatoms. The third-order valence-corrected chi connectivity index (χ3v) is 13.6. The van der Waals surface area contributed by atoms with Crippen molar-refractivity contribution in [2.45, 2.75) is 94.6 Å². The fourth-order valence-electron chi connectivity index (χ4n) is 3.39. The van der Waals surface area contributed by atoms with Gasteiger partial charge in [0.05, 0.1) is 22.9 Å². The van der Waals surface area contributed by atoms with E-state index in [9.17, 15) is 5.11 Å². The van der Waals surface area contributed by atoms with E-state index >= 15 is 0 Å². The van der Waals surface area contributed by atoms with Gasteiger partial charge in [0.25, 0.3) is 0 Å². The van der Waals surface area contributed by atoms with Crippen LogP contribution in [0.3, 0.4) is 0 Å². The molecule has 1 fully saturated rings. The van der Waals surface area contributed by atoms with Gasteiger partial charge in [-0.15, -0.1) is 23.5 Å². The van der Waals surface area contributed by atoms with Crippen molar-refractivity contribution in [3.05, 3.63) is 35.9 Å². The average molecular weight is 457 g/mol. The normalized spacial score (nSPS) is 20.8. The number of rotatable bonds is 9. The summed E-state index contributed by atoms with van der Waals surface area (Å²) in [6.07, 6.45) is 1.42. The van der Waals surface area contributed by atoms with E-state index in [-0.39, 0.29) is 17.2 Å². The van der Waals surface area contributed by atoms with Crippen LogP contribution in [0.2, 0.25) is 18.1 Å². The second-order valence-electron chi connectivity index (χ2n) is 9.89. The van der Waals surface area contributed by atoms with Crippen molar-refractivity contribution in [2.24, 2.45) is 0 Å². The molecule has 166 valence electrons. The smallest absolute Gasteiger partial charge is 0.192 e. The minimum Gasteiger partial charge on any atom is -0.411 e. The fraction of sp³-hybridized carbons (Fsp3) is 0.739. The van der Waals surface area contributed by atoms with Crippen molar-refractivity contribution in [1.82, 2.24) is 0 Å². The number of aliphatic hydroxyl groups is 1. The summed E-state index contributed by atoms with van der Waals surface area (Å²) in [5, 5.41) is 11.7. The highest BCUT2D eigenvalue weighted by Crippen LogP contribution is 2.41. The van der Waals surface area contributed by atoms with Crippen LogP contribution < -0.4 is 0 Å². The molecule has 29 heavy (non-hydrogen) atoms. The van der Waals surface area contributed by atoms with E-state index in [1.807, 2.05) is 48.6 Å². The van der Waals surface area contributed by atoms with Crippen molar-refractivity contribution < 1.29 is 14.3 Å². The van der Waals surface area contributed by atoms with Gasteiger partial charge in [0, 0.05) is 0 Å². The van der Waals surface area contributed by atoms with Crippen LogP contribution >= 0.6 is 23.5 Å². The highest BCUT2D eigenvalue weighted by molar-refractivity contribution is 8.17. The molecule has 0 amide bonds. The third kappa shape index (κ3) is 7.58. The van der Waals surface area contributed by atoms with Crippen molar-refractivity contribution in [2.75, 3.05) is 11.5 Å². The van der Waals surface area contributed by atoms with Crippen molar-refractivity contribution >= 4 is 31.8 Å². The molecule has 0 spiro atoms. The summed E-state index contributed by atoms with van der Waals surface area (Å²) >= 11 is 3.93. The molecule has 1 aromatic carbocycles. The van der Waals surface area contributed by atoms with Gasteiger partial charge in [0.15, 0.2) is 8.32 Å². The fourth-order valence-corrected chi connectivity index (χ4v) is 8.00. The average Bonchev–Trinajstić information content (AvgIpc) is 2.61. The Morgan fingerprint density at radius 1 is 1.10 bits per heavy atom. The summed E-state index contributed by atoms with van der Waals surface area (Å²) in [5.74, 6) is 2.36. The zero-order chi connectivity index (χ0) is 21.7. The number of hydrogen-bond donors (Lipinski definition) is 1. The number of ether oxygens (including phenoxy) is 1. The van der Waals surface area contributed by atoms with Gasteiger partial charge in [0.2, 0.25) is 0 Å². The van der Waals surface area contributed by atoms with E-state index in [2.05, 4.69) is 52.9 Å². The Labute approximate surface area is 187 Å². The SMILES string of the molecule is C[C@H](O[Si](C)(C)C(C)(C)C)[C@H](OCc1ccccc1)C(C)(O)CC1SCCCS1. The molecule has 0 saturated carbocycles. The van der Waals surface area contributed by atoms with Gasteiger partial charge in [-0.2, -0.15) is 0 Å². The zero-order valence-corrected chi connectivity index (χ0v) is 21.9. The predicted molar refractivity (Wildman–Crippen MR) is 131 cm³/mol. The second-order valence-corrected chi connectivity index (χ2v) is 17.6. The lowest BCUT2D eigenvalue weighted by Gasteiger charge is -2.44. The molecule has 3 atom stereocenters. The van der Waals surface area contributed by atoms with E-state index in [1.54, 1.807) is 0 Å². The lowest BCUT2D eigenvalue weighted by atomic mass is 9.92. The maximum Gasteiger partial charge on any atom is 0.192 e. The molecule has 1 heterocycles. The Kier molecular flexibility index (Phi) is 9.20. The van der Waals surface area contributed by atoms with Crippen LogP contribution in [0.5, 0.6) is 0 Å². The summed E-state index contributed by atoms with van der Waals surface area (Å²) in [6.45, 7) is 15.8. The number of benzene rings is 1. The molecule has 3 nitrogen and oxygen atoms in total. The van der Waals surface area contributed by atoms with E-state index in [0.717, 1.165) is 5.56 Å². The number of thioether (sulfide) groups is 2. The van der Waals surface area contributed by atoms with Crippen LogP contribution in [0.15, 0.2) is 30.3 Å². The standard InChI is InChI=1S/C23H40O3S2Si/c1-18(26-29(6,7)22(2,3)4)21(25-17-19-12-9-8-10-13-19)23(5,24)16-20-27-14-11-15-28-20/h8-10,12-13,18,20-21,24H,11,14-17H2,1-7H3/t18-,21-,23?/m0/s1. The van der Waals surface area contributed by atoms with Gasteiger partial charge in [-0.05, 0) is 61.9 Å². The first kappa shape index (κ1) is 25.3. The summed E-state index contributed by atoms with van der Waals surface area (Å²) in [7, 11) is -1.97. The van der Waals surface area contributed by atoms with Crippen LogP contribution in [0, 0.1) is 0 Å². The zero-order valence-electron chi connectivity index (χ0n) is 19.2. The second kappa shape index (κ2) is 10.6. The molecule has 0 aromatic heterocycles. The molecule has 1 N–H and O–H groups in total. The monoisotopic (exact) mass is 456 g/mol. The predicted octanol–water partition coefficient (Wildman–Crippen LogP) is 6.32. The van der Waals surface area contributed by atoms with Crippen LogP contribution in [-0.4, -0.2) is 47.3 Å².